The van der Waals surface area contributed by atoms with E-state index in [1.165, 1.54) is 27.6 Å². The third-order valence-electron chi connectivity index (χ3n) is 6.92. The molecule has 1 aliphatic heterocycles. The zero-order valence-electron chi connectivity index (χ0n) is 18.5. The number of aromatic hydroxyl groups is 1. The SMILES string of the molecule is O=C1C=C(I)C(=O)C2=C1CC1C(=CCn3c(=O)n(-c4ccccc4)c(=O)n31)C2c1cc(Cl)ccc1O. The number of ketones is 2. The van der Waals surface area contributed by atoms with Crippen LogP contribution in [-0.4, -0.2) is 30.6 Å². The number of fused-ring (bicyclic) bond motifs is 3. The second-order valence-corrected chi connectivity index (χ2v) is 10.4. The molecule has 36 heavy (non-hydrogen) atoms. The van der Waals surface area contributed by atoms with Crippen molar-refractivity contribution in [2.24, 2.45) is 0 Å². The molecule has 0 saturated carbocycles. The van der Waals surface area contributed by atoms with Crippen LogP contribution in [0.2, 0.25) is 5.02 Å². The van der Waals surface area contributed by atoms with Crippen molar-refractivity contribution in [1.82, 2.24) is 13.9 Å². The van der Waals surface area contributed by atoms with E-state index in [1.54, 1.807) is 42.5 Å². The summed E-state index contributed by atoms with van der Waals surface area (Å²) in [4.78, 5) is 53.4. The number of carbonyl (C=O) groups excluding carboxylic acids is 2. The molecule has 2 unspecified atom stereocenters. The highest BCUT2D eigenvalue weighted by Gasteiger charge is 2.45. The fraction of sp³-hybridized carbons (Fsp3) is 0.154. The Labute approximate surface area is 222 Å². The van der Waals surface area contributed by atoms with Crippen molar-refractivity contribution in [2.45, 2.75) is 24.9 Å². The van der Waals surface area contributed by atoms with Gasteiger partial charge in [-0.3, -0.25) is 9.59 Å². The lowest BCUT2D eigenvalue weighted by Crippen LogP contribution is -2.40. The van der Waals surface area contributed by atoms with Gasteiger partial charge in [-0.15, -0.1) is 0 Å². The minimum atomic E-state index is -0.803. The zero-order chi connectivity index (χ0) is 25.3. The lowest BCUT2D eigenvalue weighted by atomic mass is 9.68. The minimum Gasteiger partial charge on any atom is -0.508 e. The maximum absolute atomic E-state index is 13.6. The fourth-order valence-corrected chi connectivity index (χ4v) is 6.13. The Balaban J connectivity index is 1.61. The summed E-state index contributed by atoms with van der Waals surface area (Å²) in [6.07, 6.45) is 3.17. The molecule has 1 aromatic heterocycles. The van der Waals surface area contributed by atoms with Gasteiger partial charge in [-0.25, -0.2) is 23.5 Å². The Kier molecular flexibility index (Phi) is 5.31. The number of Topliss-reactive ketones (excluding diaryl/α,β-unsaturated/α-hetero) is 1. The van der Waals surface area contributed by atoms with Gasteiger partial charge < -0.3 is 5.11 Å². The molecule has 180 valence electrons. The van der Waals surface area contributed by atoms with Crippen LogP contribution in [0.15, 0.2) is 90.6 Å². The third-order valence-corrected chi connectivity index (χ3v) is 7.95. The quantitative estimate of drug-likeness (QED) is 0.270. The van der Waals surface area contributed by atoms with Crippen LogP contribution >= 0.6 is 34.2 Å². The predicted molar refractivity (Wildman–Crippen MR) is 141 cm³/mol. The van der Waals surface area contributed by atoms with Gasteiger partial charge in [0.2, 0.25) is 0 Å². The molecule has 6 rings (SSSR count). The van der Waals surface area contributed by atoms with Gasteiger partial charge in [-0.1, -0.05) is 35.9 Å². The molecule has 0 amide bonds. The van der Waals surface area contributed by atoms with Crippen molar-refractivity contribution in [1.29, 1.82) is 0 Å². The van der Waals surface area contributed by atoms with Crippen LogP contribution in [0.3, 0.4) is 0 Å². The molecule has 3 aliphatic rings. The molecule has 0 saturated heterocycles. The summed E-state index contributed by atoms with van der Waals surface area (Å²) in [5, 5.41) is 11.1. The maximum Gasteiger partial charge on any atom is 0.352 e. The Morgan fingerprint density at radius 3 is 2.50 bits per heavy atom. The highest BCUT2D eigenvalue weighted by molar-refractivity contribution is 14.1. The molecule has 0 spiro atoms. The van der Waals surface area contributed by atoms with Crippen molar-refractivity contribution < 1.29 is 14.7 Å². The Hall–Kier alpha value is -3.44. The molecule has 2 aromatic carbocycles. The number of phenols is 1. The predicted octanol–water partition coefficient (Wildman–Crippen LogP) is 3.60. The number of para-hydroxylation sites is 1. The van der Waals surface area contributed by atoms with Crippen molar-refractivity contribution in [3.63, 3.8) is 0 Å². The van der Waals surface area contributed by atoms with Crippen LogP contribution in [0, 0.1) is 0 Å². The number of hydrogen-bond donors (Lipinski definition) is 1. The number of rotatable bonds is 2. The zero-order valence-corrected chi connectivity index (χ0v) is 21.4. The number of aromatic nitrogens is 3. The summed E-state index contributed by atoms with van der Waals surface area (Å²) in [5.74, 6) is -1.51. The summed E-state index contributed by atoms with van der Waals surface area (Å²) in [6.45, 7) is 0.0925. The maximum atomic E-state index is 13.6. The van der Waals surface area contributed by atoms with Crippen LogP contribution in [0.5, 0.6) is 5.75 Å². The molecule has 3 aromatic rings. The lowest BCUT2D eigenvalue weighted by Gasteiger charge is -2.39. The van der Waals surface area contributed by atoms with Gasteiger partial charge in [-0.05, 0) is 58.5 Å². The first-order chi connectivity index (χ1) is 17.3. The van der Waals surface area contributed by atoms with Gasteiger partial charge in [0.25, 0.3) is 0 Å². The number of allylic oxidation sites excluding steroid dienone is 6. The van der Waals surface area contributed by atoms with Crippen molar-refractivity contribution in [2.75, 3.05) is 0 Å². The molecular formula is C26H17ClIN3O5. The van der Waals surface area contributed by atoms with Gasteiger partial charge >= 0.3 is 11.4 Å². The molecule has 0 radical (unpaired) electrons. The van der Waals surface area contributed by atoms with E-state index in [2.05, 4.69) is 0 Å². The number of nitrogens with zero attached hydrogens (tertiary/aromatic N) is 3. The monoisotopic (exact) mass is 613 g/mol. The molecule has 10 heteroatoms. The lowest BCUT2D eigenvalue weighted by molar-refractivity contribution is -0.115. The minimum absolute atomic E-state index is 0.0716. The highest BCUT2D eigenvalue weighted by Crippen LogP contribution is 2.52. The summed E-state index contributed by atoms with van der Waals surface area (Å²) in [7, 11) is 0. The topological polar surface area (TPSA) is 103 Å². The smallest absolute Gasteiger partial charge is 0.352 e. The van der Waals surface area contributed by atoms with E-state index < -0.39 is 23.3 Å². The molecule has 2 atom stereocenters. The first-order valence-corrected chi connectivity index (χ1v) is 12.6. The van der Waals surface area contributed by atoms with E-state index >= 15 is 0 Å². The molecule has 0 bridgehead atoms. The standard InChI is InChI=1S/C26H17ClIN3O5/c27-13-6-7-20(32)16(10-13)22-15-8-9-29-25(35)30(14-4-2-1-3-5-14)26(36)31(29)19(15)11-17-21(33)12-18(28)24(34)23(17)22/h1-8,10,12,19,22,32H,9,11H2. The Morgan fingerprint density at radius 1 is 1.00 bits per heavy atom. The molecule has 0 fully saturated rings. The van der Waals surface area contributed by atoms with Crippen LogP contribution in [0.25, 0.3) is 5.69 Å². The van der Waals surface area contributed by atoms with E-state index in [1.807, 2.05) is 22.6 Å². The first-order valence-electron chi connectivity index (χ1n) is 11.2. The number of hydrogen-bond acceptors (Lipinski definition) is 5. The third kappa shape index (κ3) is 3.26. The van der Waals surface area contributed by atoms with Crippen LogP contribution in [-0.2, 0) is 16.1 Å². The second-order valence-electron chi connectivity index (χ2n) is 8.80. The van der Waals surface area contributed by atoms with Crippen molar-refractivity contribution in [3.8, 4) is 11.4 Å². The number of halogens is 2. The summed E-state index contributed by atoms with van der Waals surface area (Å²) in [6, 6.07) is 12.5. The van der Waals surface area contributed by atoms with Crippen molar-refractivity contribution in [3.05, 3.63) is 113 Å². The van der Waals surface area contributed by atoms with Crippen molar-refractivity contribution >= 4 is 45.8 Å². The van der Waals surface area contributed by atoms with Gasteiger partial charge in [0.05, 0.1) is 21.9 Å². The molecule has 2 aliphatic carbocycles. The Morgan fingerprint density at radius 2 is 1.75 bits per heavy atom. The van der Waals surface area contributed by atoms with Gasteiger partial charge in [-0.2, -0.15) is 0 Å². The van der Waals surface area contributed by atoms with Crippen LogP contribution in [0.4, 0.5) is 0 Å². The van der Waals surface area contributed by atoms with Gasteiger partial charge in [0.1, 0.15) is 5.75 Å². The average Bonchev–Trinajstić information content (AvgIpc) is 3.13. The van der Waals surface area contributed by atoms with Gasteiger partial charge in [0.15, 0.2) is 11.6 Å². The van der Waals surface area contributed by atoms with Crippen LogP contribution < -0.4 is 11.4 Å². The molecule has 1 N–H and O–H groups in total. The highest BCUT2D eigenvalue weighted by atomic mass is 127. The van der Waals surface area contributed by atoms with E-state index in [4.69, 9.17) is 11.6 Å². The van der Waals surface area contributed by atoms with E-state index in [9.17, 15) is 24.3 Å². The Bertz CT molecular complexity index is 1710. The second kappa shape index (κ2) is 8.31. The summed E-state index contributed by atoms with van der Waals surface area (Å²) in [5.41, 5.74) is 0.967. The number of phenolic OH excluding ortho intramolecular Hbond substituents is 1. The largest absolute Gasteiger partial charge is 0.508 e. The number of benzene rings is 2. The van der Waals surface area contributed by atoms with Crippen LogP contribution in [0.1, 0.15) is 23.9 Å². The fourth-order valence-electron chi connectivity index (χ4n) is 5.38. The molecule has 8 nitrogen and oxygen atoms in total. The first kappa shape index (κ1) is 23.0. The van der Waals surface area contributed by atoms with E-state index in [0.29, 0.717) is 21.8 Å². The van der Waals surface area contributed by atoms with Gasteiger partial charge in [0, 0.05) is 40.1 Å². The van der Waals surface area contributed by atoms with E-state index in [0.717, 1.165) is 4.57 Å². The van der Waals surface area contributed by atoms with E-state index in [-0.39, 0.29) is 45.0 Å². The summed E-state index contributed by atoms with van der Waals surface area (Å²) >= 11 is 8.11. The molecular weight excluding hydrogens is 597 g/mol. The molecule has 2 heterocycles. The summed E-state index contributed by atoms with van der Waals surface area (Å²) < 4.78 is 4.09. The number of carbonyl (C=O) groups is 2. The average molecular weight is 614 g/mol. The normalized spacial score (nSPS) is 20.9.